The first kappa shape index (κ1) is 10.2. The fraction of sp³-hybridized carbons (Fsp3) is 0.333. The Labute approximate surface area is 91.9 Å². The van der Waals surface area contributed by atoms with Crippen molar-refractivity contribution in [2.45, 2.75) is 32.6 Å². The van der Waals surface area contributed by atoms with Crippen LogP contribution in [0.3, 0.4) is 0 Å². The Morgan fingerprint density at radius 2 is 1.73 bits per heavy atom. The maximum Gasteiger partial charge on any atom is -0.0149 e. The van der Waals surface area contributed by atoms with Crippen LogP contribution in [0.4, 0.5) is 0 Å². The summed E-state index contributed by atoms with van der Waals surface area (Å²) in [7, 11) is 0. The van der Waals surface area contributed by atoms with Gasteiger partial charge in [-0.15, -0.1) is 0 Å². The molecule has 78 valence electrons. The van der Waals surface area contributed by atoms with Gasteiger partial charge >= 0.3 is 0 Å². The van der Waals surface area contributed by atoms with Gasteiger partial charge in [0.1, 0.15) is 0 Å². The standard InChI is InChI=1S/C15H18/c1-3-7-12(2)14-11-6-9-13-8-4-5-10-15(13)14/h4-6,8-12H,3,7H2,1-2H3/t12-/m1/s1. The molecule has 2 rings (SSSR count). The topological polar surface area (TPSA) is 0 Å². The van der Waals surface area contributed by atoms with Crippen molar-refractivity contribution in [2.24, 2.45) is 0 Å². The number of fused-ring (bicyclic) bond motifs is 1. The van der Waals surface area contributed by atoms with Crippen molar-refractivity contribution in [3.05, 3.63) is 48.0 Å². The third-order valence-electron chi connectivity index (χ3n) is 3.08. The fourth-order valence-electron chi connectivity index (χ4n) is 2.27. The average Bonchev–Trinajstić information content (AvgIpc) is 2.28. The van der Waals surface area contributed by atoms with Crippen LogP contribution in [0.1, 0.15) is 38.2 Å². The molecule has 0 fully saturated rings. The molecule has 0 heteroatoms. The summed E-state index contributed by atoms with van der Waals surface area (Å²) in [6.45, 7) is 4.58. The second kappa shape index (κ2) is 4.48. The van der Waals surface area contributed by atoms with Crippen LogP contribution >= 0.6 is 0 Å². The molecule has 0 amide bonds. The van der Waals surface area contributed by atoms with Gasteiger partial charge in [-0.2, -0.15) is 0 Å². The molecule has 0 aliphatic heterocycles. The third-order valence-corrected chi connectivity index (χ3v) is 3.08. The van der Waals surface area contributed by atoms with Crippen molar-refractivity contribution in [3.63, 3.8) is 0 Å². The van der Waals surface area contributed by atoms with E-state index in [1.165, 1.54) is 29.2 Å². The predicted molar refractivity (Wildman–Crippen MR) is 67.3 cm³/mol. The summed E-state index contributed by atoms with van der Waals surface area (Å²) in [5.41, 5.74) is 1.50. The molecule has 0 radical (unpaired) electrons. The first-order valence-corrected chi connectivity index (χ1v) is 5.80. The summed E-state index contributed by atoms with van der Waals surface area (Å²) in [5.74, 6) is 0.668. The third kappa shape index (κ3) is 2.04. The summed E-state index contributed by atoms with van der Waals surface area (Å²) >= 11 is 0. The molecule has 0 bridgehead atoms. The Bertz CT molecular complexity index is 437. The van der Waals surface area contributed by atoms with Crippen LogP contribution in [0.5, 0.6) is 0 Å². The zero-order chi connectivity index (χ0) is 10.7. The number of rotatable bonds is 3. The molecule has 0 N–H and O–H groups in total. The van der Waals surface area contributed by atoms with E-state index in [-0.39, 0.29) is 0 Å². The highest BCUT2D eigenvalue weighted by Crippen LogP contribution is 2.28. The van der Waals surface area contributed by atoms with Gasteiger partial charge in [0.2, 0.25) is 0 Å². The molecule has 2 aromatic rings. The molecule has 0 saturated heterocycles. The average molecular weight is 198 g/mol. The Morgan fingerprint density at radius 3 is 2.53 bits per heavy atom. The van der Waals surface area contributed by atoms with Gasteiger partial charge in [0.25, 0.3) is 0 Å². The Balaban J connectivity index is 2.50. The normalized spacial score (nSPS) is 12.9. The van der Waals surface area contributed by atoms with Crippen LogP contribution in [0.15, 0.2) is 42.5 Å². The number of hydrogen-bond donors (Lipinski definition) is 0. The van der Waals surface area contributed by atoms with Gasteiger partial charge < -0.3 is 0 Å². The molecule has 0 aliphatic carbocycles. The van der Waals surface area contributed by atoms with E-state index in [2.05, 4.69) is 56.3 Å². The SMILES string of the molecule is CCC[C@@H](C)c1cccc2ccccc12. The van der Waals surface area contributed by atoms with E-state index in [0.29, 0.717) is 5.92 Å². The zero-order valence-electron chi connectivity index (χ0n) is 9.53. The van der Waals surface area contributed by atoms with Crippen molar-refractivity contribution in [1.29, 1.82) is 0 Å². The van der Waals surface area contributed by atoms with Gasteiger partial charge in [-0.3, -0.25) is 0 Å². The molecule has 1 atom stereocenters. The highest BCUT2D eigenvalue weighted by Gasteiger charge is 2.07. The van der Waals surface area contributed by atoms with Crippen LogP contribution < -0.4 is 0 Å². The molecule has 0 aromatic heterocycles. The summed E-state index contributed by atoms with van der Waals surface area (Å²) in [6.07, 6.45) is 2.53. The number of benzene rings is 2. The smallest absolute Gasteiger partial charge is 0.0149 e. The van der Waals surface area contributed by atoms with E-state index in [4.69, 9.17) is 0 Å². The van der Waals surface area contributed by atoms with E-state index >= 15 is 0 Å². The van der Waals surface area contributed by atoms with E-state index in [1.807, 2.05) is 0 Å². The van der Waals surface area contributed by atoms with Gasteiger partial charge in [-0.1, -0.05) is 62.7 Å². The summed E-state index contributed by atoms with van der Waals surface area (Å²) in [6, 6.07) is 15.3. The van der Waals surface area contributed by atoms with Gasteiger partial charge in [-0.05, 0) is 28.7 Å². The molecular formula is C15H18. The van der Waals surface area contributed by atoms with Gasteiger partial charge in [0.15, 0.2) is 0 Å². The van der Waals surface area contributed by atoms with Crippen molar-refractivity contribution in [2.75, 3.05) is 0 Å². The van der Waals surface area contributed by atoms with E-state index in [1.54, 1.807) is 0 Å². The van der Waals surface area contributed by atoms with Crippen molar-refractivity contribution in [1.82, 2.24) is 0 Å². The quantitative estimate of drug-likeness (QED) is 0.668. The molecular weight excluding hydrogens is 180 g/mol. The molecule has 2 aromatic carbocycles. The highest BCUT2D eigenvalue weighted by molar-refractivity contribution is 5.86. The number of hydrogen-bond acceptors (Lipinski definition) is 0. The van der Waals surface area contributed by atoms with E-state index < -0.39 is 0 Å². The van der Waals surface area contributed by atoms with E-state index in [0.717, 1.165) is 0 Å². The highest BCUT2D eigenvalue weighted by atomic mass is 14.1. The Kier molecular flexibility index (Phi) is 3.05. The molecule has 0 spiro atoms. The largest absolute Gasteiger partial charge is 0.0654 e. The molecule has 15 heavy (non-hydrogen) atoms. The van der Waals surface area contributed by atoms with Crippen LogP contribution in [-0.2, 0) is 0 Å². The molecule has 0 nitrogen and oxygen atoms in total. The summed E-state index contributed by atoms with van der Waals surface area (Å²) < 4.78 is 0. The predicted octanol–water partition coefficient (Wildman–Crippen LogP) is 4.74. The lowest BCUT2D eigenvalue weighted by atomic mass is 9.92. The molecule has 0 saturated carbocycles. The molecule has 0 aliphatic rings. The maximum atomic E-state index is 2.32. The van der Waals surface area contributed by atoms with Crippen LogP contribution in [0.25, 0.3) is 10.8 Å². The summed E-state index contributed by atoms with van der Waals surface area (Å²) in [5, 5.41) is 2.78. The van der Waals surface area contributed by atoms with Crippen LogP contribution in [0.2, 0.25) is 0 Å². The maximum absolute atomic E-state index is 2.32. The van der Waals surface area contributed by atoms with Crippen LogP contribution in [-0.4, -0.2) is 0 Å². The van der Waals surface area contributed by atoms with Crippen molar-refractivity contribution >= 4 is 10.8 Å². The first-order valence-electron chi connectivity index (χ1n) is 5.80. The minimum absolute atomic E-state index is 0.668. The minimum Gasteiger partial charge on any atom is -0.0654 e. The fourth-order valence-corrected chi connectivity index (χ4v) is 2.27. The lowest BCUT2D eigenvalue weighted by Crippen LogP contribution is -1.93. The van der Waals surface area contributed by atoms with Crippen molar-refractivity contribution < 1.29 is 0 Å². The lowest BCUT2D eigenvalue weighted by Gasteiger charge is -2.13. The monoisotopic (exact) mass is 198 g/mol. The minimum atomic E-state index is 0.668. The van der Waals surface area contributed by atoms with Gasteiger partial charge in [0, 0.05) is 0 Å². The van der Waals surface area contributed by atoms with Crippen LogP contribution in [0, 0.1) is 0 Å². The second-order valence-electron chi connectivity index (χ2n) is 4.26. The second-order valence-corrected chi connectivity index (χ2v) is 4.26. The zero-order valence-corrected chi connectivity index (χ0v) is 9.53. The van der Waals surface area contributed by atoms with Gasteiger partial charge in [0.05, 0.1) is 0 Å². The Morgan fingerprint density at radius 1 is 1.00 bits per heavy atom. The molecule has 0 unspecified atom stereocenters. The lowest BCUT2D eigenvalue weighted by molar-refractivity contribution is 0.669. The van der Waals surface area contributed by atoms with E-state index in [9.17, 15) is 0 Å². The Hall–Kier alpha value is -1.30. The van der Waals surface area contributed by atoms with Gasteiger partial charge in [-0.25, -0.2) is 0 Å². The molecule has 0 heterocycles. The summed E-state index contributed by atoms with van der Waals surface area (Å²) in [4.78, 5) is 0. The first-order chi connectivity index (χ1) is 7.33. The van der Waals surface area contributed by atoms with Crippen molar-refractivity contribution in [3.8, 4) is 0 Å².